The van der Waals surface area contributed by atoms with Gasteiger partial charge in [0.1, 0.15) is 0 Å². The lowest BCUT2D eigenvalue weighted by atomic mass is 10.2. The van der Waals surface area contributed by atoms with Gasteiger partial charge in [0.15, 0.2) is 0 Å². The normalized spacial score (nSPS) is 13.6. The van der Waals surface area contributed by atoms with E-state index < -0.39 is 0 Å². The molecule has 1 aliphatic rings. The van der Waals surface area contributed by atoms with E-state index in [2.05, 4.69) is 45.7 Å². The van der Waals surface area contributed by atoms with Crippen LogP contribution in [0.4, 0.5) is 5.69 Å². The molecule has 0 spiro atoms. The van der Waals surface area contributed by atoms with Crippen LogP contribution in [0, 0.1) is 3.57 Å². The van der Waals surface area contributed by atoms with E-state index in [0.29, 0.717) is 13.0 Å². The molecule has 0 N–H and O–H groups in total. The average Bonchev–Trinajstić information content (AvgIpc) is 2.72. The molecule has 4 heteroatoms. The Morgan fingerprint density at radius 2 is 2.33 bits per heavy atom. The molecule has 1 aliphatic heterocycles. The molecule has 18 heavy (non-hydrogen) atoms. The van der Waals surface area contributed by atoms with Crippen LogP contribution >= 0.6 is 22.6 Å². The van der Waals surface area contributed by atoms with Crippen LogP contribution in [0.3, 0.4) is 0 Å². The Morgan fingerprint density at radius 1 is 1.50 bits per heavy atom. The molecule has 3 nitrogen and oxygen atoms in total. The van der Waals surface area contributed by atoms with Crippen LogP contribution in [0.25, 0.3) is 0 Å². The highest BCUT2D eigenvalue weighted by Crippen LogP contribution is 2.29. The molecule has 1 aromatic carbocycles. The highest BCUT2D eigenvalue weighted by Gasteiger charge is 2.18. The quantitative estimate of drug-likeness (QED) is 0.598. The molecule has 0 saturated carbocycles. The largest absolute Gasteiger partial charge is 0.466 e. The first-order chi connectivity index (χ1) is 8.70. The summed E-state index contributed by atoms with van der Waals surface area (Å²) < 4.78 is 6.20. The maximum absolute atomic E-state index is 11.3. The van der Waals surface area contributed by atoms with Gasteiger partial charge in [-0.25, -0.2) is 0 Å². The molecule has 0 bridgehead atoms. The SMILES string of the molecule is CCOC(=O)CCCN1CCc2ccc(I)cc21. The highest BCUT2D eigenvalue weighted by atomic mass is 127. The first-order valence-corrected chi connectivity index (χ1v) is 7.47. The Labute approximate surface area is 122 Å². The van der Waals surface area contributed by atoms with E-state index in [1.54, 1.807) is 0 Å². The van der Waals surface area contributed by atoms with Crippen LogP contribution in [0.15, 0.2) is 18.2 Å². The molecule has 0 fully saturated rings. The third kappa shape index (κ3) is 3.37. The number of hydrogen-bond acceptors (Lipinski definition) is 3. The van der Waals surface area contributed by atoms with E-state index in [1.807, 2.05) is 6.92 Å². The molecule has 0 atom stereocenters. The second kappa shape index (κ2) is 6.41. The first kappa shape index (κ1) is 13.6. The van der Waals surface area contributed by atoms with E-state index >= 15 is 0 Å². The minimum Gasteiger partial charge on any atom is -0.466 e. The topological polar surface area (TPSA) is 29.5 Å². The lowest BCUT2D eigenvalue weighted by molar-refractivity contribution is -0.143. The van der Waals surface area contributed by atoms with Crippen molar-refractivity contribution < 1.29 is 9.53 Å². The van der Waals surface area contributed by atoms with Crippen LogP contribution in [-0.4, -0.2) is 25.7 Å². The number of halogens is 1. The van der Waals surface area contributed by atoms with E-state index in [-0.39, 0.29) is 5.97 Å². The second-order valence-electron chi connectivity index (χ2n) is 4.42. The number of carbonyl (C=O) groups excluding carboxylic acids is 1. The number of fused-ring (bicyclic) bond motifs is 1. The molecule has 98 valence electrons. The van der Waals surface area contributed by atoms with Gasteiger partial charge in [-0.3, -0.25) is 4.79 Å². The first-order valence-electron chi connectivity index (χ1n) is 6.39. The Hall–Kier alpha value is -0.780. The molecule has 0 unspecified atom stereocenters. The zero-order valence-corrected chi connectivity index (χ0v) is 12.8. The lowest BCUT2D eigenvalue weighted by Crippen LogP contribution is -2.22. The monoisotopic (exact) mass is 359 g/mol. The van der Waals surface area contributed by atoms with Crippen molar-refractivity contribution in [3.05, 3.63) is 27.3 Å². The predicted octanol–water partition coefficient (Wildman–Crippen LogP) is 3.00. The Morgan fingerprint density at radius 3 is 3.11 bits per heavy atom. The minimum atomic E-state index is -0.0837. The summed E-state index contributed by atoms with van der Waals surface area (Å²) in [5, 5.41) is 0. The van der Waals surface area contributed by atoms with E-state index in [1.165, 1.54) is 14.8 Å². The van der Waals surface area contributed by atoms with Crippen molar-refractivity contribution in [1.29, 1.82) is 0 Å². The van der Waals surface area contributed by atoms with Gasteiger partial charge in [-0.2, -0.15) is 0 Å². The highest BCUT2D eigenvalue weighted by molar-refractivity contribution is 14.1. The summed E-state index contributed by atoms with van der Waals surface area (Å²) in [6.07, 6.45) is 2.50. The van der Waals surface area contributed by atoms with Gasteiger partial charge in [-0.05, 0) is 60.1 Å². The number of benzene rings is 1. The fourth-order valence-corrected chi connectivity index (χ4v) is 2.77. The molecule has 0 radical (unpaired) electrons. The predicted molar refractivity (Wildman–Crippen MR) is 80.9 cm³/mol. The third-order valence-electron chi connectivity index (χ3n) is 3.15. The standard InChI is InChI=1S/C14H18INO2/c1-2-18-14(17)4-3-8-16-9-7-11-5-6-12(15)10-13(11)16/h5-6,10H,2-4,7-9H2,1H3. The fourth-order valence-electron chi connectivity index (χ4n) is 2.30. The number of nitrogens with zero attached hydrogens (tertiary/aromatic N) is 1. The van der Waals surface area contributed by atoms with E-state index in [9.17, 15) is 4.79 Å². The van der Waals surface area contributed by atoms with Gasteiger partial charge in [0.25, 0.3) is 0 Å². The number of esters is 1. The summed E-state index contributed by atoms with van der Waals surface area (Å²) in [6.45, 7) is 4.32. The number of ether oxygens (including phenoxy) is 1. The molecule has 0 amide bonds. The Balaban J connectivity index is 1.86. The Kier molecular flexibility index (Phi) is 4.86. The van der Waals surface area contributed by atoms with Crippen molar-refractivity contribution in [3.8, 4) is 0 Å². The van der Waals surface area contributed by atoms with Gasteiger partial charge >= 0.3 is 5.97 Å². The van der Waals surface area contributed by atoms with Crippen LogP contribution < -0.4 is 4.90 Å². The van der Waals surface area contributed by atoms with Gasteiger partial charge < -0.3 is 9.64 Å². The molecular formula is C14H18INO2. The average molecular weight is 359 g/mol. The molecule has 0 aliphatic carbocycles. The maximum Gasteiger partial charge on any atom is 0.305 e. The zero-order chi connectivity index (χ0) is 13.0. The van der Waals surface area contributed by atoms with Gasteiger partial charge in [-0.1, -0.05) is 6.07 Å². The van der Waals surface area contributed by atoms with Crippen molar-refractivity contribution in [3.63, 3.8) is 0 Å². The van der Waals surface area contributed by atoms with Crippen LogP contribution in [0.2, 0.25) is 0 Å². The van der Waals surface area contributed by atoms with Crippen molar-refractivity contribution in [2.75, 3.05) is 24.6 Å². The number of hydrogen-bond donors (Lipinski definition) is 0. The molecule has 2 rings (SSSR count). The third-order valence-corrected chi connectivity index (χ3v) is 3.82. The van der Waals surface area contributed by atoms with Gasteiger partial charge in [-0.15, -0.1) is 0 Å². The van der Waals surface area contributed by atoms with Crippen molar-refractivity contribution in [2.45, 2.75) is 26.2 Å². The zero-order valence-electron chi connectivity index (χ0n) is 10.6. The van der Waals surface area contributed by atoms with Gasteiger partial charge in [0.05, 0.1) is 6.61 Å². The fraction of sp³-hybridized carbons (Fsp3) is 0.500. The molecular weight excluding hydrogens is 341 g/mol. The van der Waals surface area contributed by atoms with Gasteiger partial charge in [0.2, 0.25) is 0 Å². The van der Waals surface area contributed by atoms with Crippen LogP contribution in [0.5, 0.6) is 0 Å². The van der Waals surface area contributed by atoms with Gasteiger partial charge in [0, 0.05) is 28.8 Å². The van der Waals surface area contributed by atoms with Crippen molar-refractivity contribution in [2.24, 2.45) is 0 Å². The van der Waals surface area contributed by atoms with E-state index in [4.69, 9.17) is 4.74 Å². The smallest absolute Gasteiger partial charge is 0.305 e. The molecule has 0 saturated heterocycles. The molecule has 1 heterocycles. The summed E-state index contributed by atoms with van der Waals surface area (Å²) in [7, 11) is 0. The number of rotatable bonds is 5. The van der Waals surface area contributed by atoms with Crippen molar-refractivity contribution >= 4 is 34.2 Å². The molecule has 1 aromatic rings. The van der Waals surface area contributed by atoms with E-state index in [0.717, 1.165) is 25.9 Å². The maximum atomic E-state index is 11.3. The second-order valence-corrected chi connectivity index (χ2v) is 5.66. The van der Waals surface area contributed by atoms with Crippen LogP contribution in [0.1, 0.15) is 25.3 Å². The summed E-state index contributed by atoms with van der Waals surface area (Å²) in [5.41, 5.74) is 2.76. The summed E-state index contributed by atoms with van der Waals surface area (Å²) in [4.78, 5) is 13.6. The number of anilines is 1. The van der Waals surface area contributed by atoms with Crippen LogP contribution in [-0.2, 0) is 16.0 Å². The van der Waals surface area contributed by atoms with Crippen molar-refractivity contribution in [1.82, 2.24) is 0 Å². The summed E-state index contributed by atoms with van der Waals surface area (Å²) in [5.74, 6) is -0.0837. The Bertz CT molecular complexity index is 434. The summed E-state index contributed by atoms with van der Waals surface area (Å²) >= 11 is 2.34. The lowest BCUT2D eigenvalue weighted by Gasteiger charge is -2.19. The minimum absolute atomic E-state index is 0.0837. The molecule has 0 aromatic heterocycles. The summed E-state index contributed by atoms with van der Waals surface area (Å²) in [6, 6.07) is 6.59. The number of carbonyl (C=O) groups is 1.